The molecule has 1 rings (SSSR count). The van der Waals surface area contributed by atoms with Gasteiger partial charge >= 0.3 is 0 Å². The van der Waals surface area contributed by atoms with Gasteiger partial charge in [0, 0.05) is 11.0 Å². The minimum absolute atomic E-state index is 0.155. The van der Waals surface area contributed by atoms with Crippen LogP contribution in [0.1, 0.15) is 16.1 Å². The molecule has 0 spiro atoms. The van der Waals surface area contributed by atoms with Gasteiger partial charge in [0.25, 0.3) is 5.91 Å². The number of rotatable bonds is 3. The van der Waals surface area contributed by atoms with E-state index in [1.807, 2.05) is 0 Å². The molecule has 0 saturated carbocycles. The van der Waals surface area contributed by atoms with E-state index in [0.717, 1.165) is 10.2 Å². The van der Waals surface area contributed by atoms with E-state index in [0.29, 0.717) is 12.1 Å². The highest BCUT2D eigenvalue weighted by Gasteiger charge is 2.07. The Hall–Kier alpha value is -1.03. The lowest BCUT2D eigenvalue weighted by Crippen LogP contribution is -2.23. The molecule has 0 fully saturated rings. The molecule has 0 atom stereocenters. The minimum atomic E-state index is -0.155. The summed E-state index contributed by atoms with van der Waals surface area (Å²) in [4.78, 5) is 11.3. The summed E-state index contributed by atoms with van der Waals surface area (Å²) >= 11 is 3.15. The summed E-state index contributed by atoms with van der Waals surface area (Å²) in [6, 6.07) is 1.69. The first kappa shape index (κ1) is 10.1. The predicted molar refractivity (Wildman–Crippen MR) is 53.8 cm³/mol. The maximum Gasteiger partial charge on any atom is 0.254 e. The van der Waals surface area contributed by atoms with Crippen molar-refractivity contribution in [2.45, 2.75) is 6.92 Å². The highest BCUT2D eigenvalue weighted by atomic mass is 79.9. The maximum absolute atomic E-state index is 11.3. The number of aryl methyl sites for hydroxylation is 1. The topological polar surface area (TPSA) is 42.2 Å². The van der Waals surface area contributed by atoms with Crippen molar-refractivity contribution in [2.75, 3.05) is 6.54 Å². The molecule has 0 unspecified atom stereocenters. The van der Waals surface area contributed by atoms with Crippen molar-refractivity contribution in [1.82, 2.24) is 5.32 Å². The van der Waals surface area contributed by atoms with Crippen LogP contribution in [-0.2, 0) is 0 Å². The second kappa shape index (κ2) is 4.28. The van der Waals surface area contributed by atoms with Crippen LogP contribution in [0.25, 0.3) is 0 Å². The Labute approximate surface area is 84.9 Å². The first-order chi connectivity index (χ1) is 6.09. The molecule has 0 aliphatic rings. The zero-order chi connectivity index (χ0) is 9.84. The molecule has 1 heterocycles. The number of furan rings is 1. The summed E-state index contributed by atoms with van der Waals surface area (Å²) in [5, 5.41) is 2.67. The number of halogens is 1. The maximum atomic E-state index is 11.3. The number of amides is 1. The van der Waals surface area contributed by atoms with E-state index < -0.39 is 0 Å². The fraction of sp³-hybridized carbons (Fsp3) is 0.222. The highest BCUT2D eigenvalue weighted by Crippen LogP contribution is 2.06. The third kappa shape index (κ3) is 3.06. The molecular formula is C9H10BrNO2. The molecule has 70 valence electrons. The number of hydrogen-bond donors (Lipinski definition) is 1. The van der Waals surface area contributed by atoms with E-state index in [2.05, 4.69) is 27.8 Å². The van der Waals surface area contributed by atoms with Gasteiger partial charge in [-0.1, -0.05) is 22.5 Å². The van der Waals surface area contributed by atoms with Crippen molar-refractivity contribution >= 4 is 21.8 Å². The van der Waals surface area contributed by atoms with E-state index in [1.54, 1.807) is 13.0 Å². The lowest BCUT2D eigenvalue weighted by Gasteiger charge is -1.99. The van der Waals surface area contributed by atoms with E-state index in [-0.39, 0.29) is 5.91 Å². The summed E-state index contributed by atoms with van der Waals surface area (Å²) in [5.41, 5.74) is 0.534. The van der Waals surface area contributed by atoms with Crippen molar-refractivity contribution < 1.29 is 9.21 Å². The first-order valence-electron chi connectivity index (χ1n) is 3.76. The summed E-state index contributed by atoms with van der Waals surface area (Å²) in [6.07, 6.45) is 1.43. The van der Waals surface area contributed by atoms with Gasteiger partial charge < -0.3 is 9.73 Å². The van der Waals surface area contributed by atoms with Gasteiger partial charge in [0.1, 0.15) is 12.0 Å². The summed E-state index contributed by atoms with van der Waals surface area (Å²) in [6.45, 7) is 5.82. The molecule has 0 saturated heterocycles. The molecule has 0 bridgehead atoms. The largest absolute Gasteiger partial charge is 0.469 e. The van der Waals surface area contributed by atoms with Gasteiger partial charge in [-0.05, 0) is 13.0 Å². The van der Waals surface area contributed by atoms with Gasteiger partial charge in [0.05, 0.1) is 5.56 Å². The number of carbonyl (C=O) groups excluding carboxylic acids is 1. The number of carbonyl (C=O) groups is 1. The van der Waals surface area contributed by atoms with Gasteiger partial charge in [0.2, 0.25) is 0 Å². The van der Waals surface area contributed by atoms with Crippen LogP contribution in [0.15, 0.2) is 27.8 Å². The summed E-state index contributed by atoms with van der Waals surface area (Å²) < 4.78 is 5.73. The molecule has 0 aromatic carbocycles. The monoisotopic (exact) mass is 243 g/mol. The van der Waals surface area contributed by atoms with E-state index in [9.17, 15) is 4.79 Å². The van der Waals surface area contributed by atoms with Crippen LogP contribution in [0.2, 0.25) is 0 Å². The van der Waals surface area contributed by atoms with Crippen molar-refractivity contribution in [2.24, 2.45) is 0 Å². The van der Waals surface area contributed by atoms with Crippen LogP contribution < -0.4 is 5.32 Å². The van der Waals surface area contributed by atoms with Gasteiger partial charge in [-0.2, -0.15) is 0 Å². The van der Waals surface area contributed by atoms with Crippen LogP contribution in [-0.4, -0.2) is 12.5 Å². The van der Waals surface area contributed by atoms with Gasteiger partial charge in [-0.3, -0.25) is 4.79 Å². The van der Waals surface area contributed by atoms with Crippen molar-refractivity contribution in [3.05, 3.63) is 34.7 Å². The van der Waals surface area contributed by atoms with Gasteiger partial charge in [-0.15, -0.1) is 0 Å². The molecule has 1 aromatic rings. The van der Waals surface area contributed by atoms with Crippen molar-refractivity contribution in [3.8, 4) is 0 Å². The number of hydrogen-bond acceptors (Lipinski definition) is 2. The molecule has 1 amide bonds. The van der Waals surface area contributed by atoms with Crippen LogP contribution in [0, 0.1) is 6.92 Å². The molecule has 13 heavy (non-hydrogen) atoms. The predicted octanol–water partition coefficient (Wildman–Crippen LogP) is 2.23. The van der Waals surface area contributed by atoms with Gasteiger partial charge in [0.15, 0.2) is 0 Å². The molecular weight excluding hydrogens is 234 g/mol. The normalized spacial score (nSPS) is 9.69. The molecule has 0 aliphatic carbocycles. The molecule has 4 heteroatoms. The van der Waals surface area contributed by atoms with Crippen LogP contribution >= 0.6 is 15.9 Å². The Morgan fingerprint density at radius 1 is 1.77 bits per heavy atom. The molecule has 1 aromatic heterocycles. The summed E-state index contributed by atoms with van der Waals surface area (Å²) in [7, 11) is 0. The molecule has 1 N–H and O–H groups in total. The smallest absolute Gasteiger partial charge is 0.254 e. The van der Waals surface area contributed by atoms with Crippen molar-refractivity contribution in [3.63, 3.8) is 0 Å². The lowest BCUT2D eigenvalue weighted by atomic mass is 10.3. The third-order valence-electron chi connectivity index (χ3n) is 1.43. The molecule has 0 aliphatic heterocycles. The van der Waals surface area contributed by atoms with E-state index in [4.69, 9.17) is 4.42 Å². The zero-order valence-electron chi connectivity index (χ0n) is 7.26. The second-order valence-electron chi connectivity index (χ2n) is 2.65. The number of nitrogens with one attached hydrogen (secondary N) is 1. The zero-order valence-corrected chi connectivity index (χ0v) is 8.85. The van der Waals surface area contributed by atoms with Crippen LogP contribution in [0.5, 0.6) is 0 Å². The average Bonchev–Trinajstić information content (AvgIpc) is 2.47. The molecule has 0 radical (unpaired) electrons. The Morgan fingerprint density at radius 2 is 2.46 bits per heavy atom. The fourth-order valence-electron chi connectivity index (χ4n) is 0.841. The lowest BCUT2D eigenvalue weighted by molar-refractivity contribution is 0.0957. The molecule has 3 nitrogen and oxygen atoms in total. The Balaban J connectivity index is 2.54. The third-order valence-corrected chi connectivity index (χ3v) is 1.71. The van der Waals surface area contributed by atoms with E-state index in [1.165, 1.54) is 6.26 Å². The van der Waals surface area contributed by atoms with Crippen LogP contribution in [0.3, 0.4) is 0 Å². The first-order valence-corrected chi connectivity index (χ1v) is 4.55. The minimum Gasteiger partial charge on any atom is -0.469 e. The summed E-state index contributed by atoms with van der Waals surface area (Å²) in [5.74, 6) is 0.570. The average molecular weight is 244 g/mol. The van der Waals surface area contributed by atoms with E-state index >= 15 is 0 Å². The Kier molecular flexibility index (Phi) is 3.31. The van der Waals surface area contributed by atoms with Crippen molar-refractivity contribution in [1.29, 1.82) is 0 Å². The van der Waals surface area contributed by atoms with Gasteiger partial charge in [-0.25, -0.2) is 0 Å². The fourth-order valence-corrected chi connectivity index (χ4v) is 0.981. The second-order valence-corrected chi connectivity index (χ2v) is 3.77. The highest BCUT2D eigenvalue weighted by molar-refractivity contribution is 9.11. The SMILES string of the molecule is C=C(Br)CNC(=O)c1coc(C)c1. The quantitative estimate of drug-likeness (QED) is 0.885. The van der Waals surface area contributed by atoms with Crippen LogP contribution in [0.4, 0.5) is 0 Å². The standard InChI is InChI=1S/C9H10BrNO2/c1-6(10)4-11-9(12)8-3-7(2)13-5-8/h3,5H,1,4H2,2H3,(H,11,12). The Bertz CT molecular complexity index is 330. The Morgan fingerprint density at radius 3 is 2.92 bits per heavy atom.